The van der Waals surface area contributed by atoms with Gasteiger partial charge in [0.2, 0.25) is 0 Å². The van der Waals surface area contributed by atoms with Gasteiger partial charge in [0.1, 0.15) is 12.3 Å². The molecule has 0 unspecified atom stereocenters. The number of carbonyl (C=O) groups is 1. The van der Waals surface area contributed by atoms with E-state index in [2.05, 4.69) is 23.0 Å². The number of esters is 1. The molecule has 7 heteroatoms. The highest BCUT2D eigenvalue weighted by Crippen LogP contribution is 2.28. The van der Waals surface area contributed by atoms with Crippen LogP contribution >= 0.6 is 0 Å². The number of hydrogen-bond donors (Lipinski definition) is 1. The number of rotatable bonds is 5. The molecule has 3 aromatic rings. The molecule has 1 N–H and O–H groups in total. The van der Waals surface area contributed by atoms with Crippen molar-refractivity contribution in [2.45, 2.75) is 12.5 Å². The summed E-state index contributed by atoms with van der Waals surface area (Å²) in [5.74, 6) is -1.14. The molecule has 0 spiro atoms. The van der Waals surface area contributed by atoms with E-state index in [0.29, 0.717) is 17.0 Å². The lowest BCUT2D eigenvalue weighted by molar-refractivity contribution is -0.880. The molecule has 1 atom stereocenters. The van der Waals surface area contributed by atoms with E-state index in [0.717, 1.165) is 37.3 Å². The number of piperazine rings is 1. The number of fused-ring (bicyclic) bond motifs is 1. The monoisotopic (exact) mass is 402 g/mol. The smallest absolute Gasteiger partial charge is 0.330 e. The molecule has 4 rings (SSSR count). The highest BCUT2D eigenvalue weighted by Gasteiger charge is 2.31. The van der Waals surface area contributed by atoms with Crippen LogP contribution in [0.4, 0.5) is 5.82 Å². The fourth-order valence-electron chi connectivity index (χ4n) is 3.57. The first-order valence-electron chi connectivity index (χ1n) is 10.1. The summed E-state index contributed by atoms with van der Waals surface area (Å²) in [6.07, 6.45) is 0. The second-order valence-corrected chi connectivity index (χ2v) is 7.52. The molecule has 152 valence electrons. The second-order valence-electron chi connectivity index (χ2n) is 7.52. The number of carbonyl (C=O) groups excluding carboxylic acids is 1. The SMILES string of the molecule is C[NH+]1CCN(c2nc3ccccc3nc2[C@@H](C#N)C(=O)OCc2ccccc2)CC1. The third-order valence-corrected chi connectivity index (χ3v) is 5.36. The Morgan fingerprint density at radius 2 is 1.73 bits per heavy atom. The summed E-state index contributed by atoms with van der Waals surface area (Å²) in [5, 5.41) is 9.84. The van der Waals surface area contributed by atoms with E-state index < -0.39 is 11.9 Å². The fraction of sp³-hybridized carbons (Fsp3) is 0.304. The maximum Gasteiger partial charge on any atom is 0.330 e. The number of nitriles is 1. The van der Waals surface area contributed by atoms with Crippen LogP contribution in [0.5, 0.6) is 0 Å². The number of para-hydroxylation sites is 2. The summed E-state index contributed by atoms with van der Waals surface area (Å²) in [6.45, 7) is 3.63. The Morgan fingerprint density at radius 1 is 1.10 bits per heavy atom. The molecule has 0 radical (unpaired) electrons. The zero-order valence-electron chi connectivity index (χ0n) is 16.9. The Kier molecular flexibility index (Phi) is 5.87. The van der Waals surface area contributed by atoms with Crippen molar-refractivity contribution in [3.63, 3.8) is 0 Å². The van der Waals surface area contributed by atoms with Crippen molar-refractivity contribution in [3.8, 4) is 6.07 Å². The quantitative estimate of drug-likeness (QED) is 0.648. The third-order valence-electron chi connectivity index (χ3n) is 5.36. The molecule has 1 saturated heterocycles. The van der Waals surface area contributed by atoms with Gasteiger partial charge in [-0.25, -0.2) is 9.97 Å². The molecule has 0 amide bonds. The Balaban J connectivity index is 1.66. The van der Waals surface area contributed by atoms with Gasteiger partial charge in [-0.3, -0.25) is 4.79 Å². The molecule has 1 aliphatic rings. The molecular formula is C23H24N5O2+. The summed E-state index contributed by atoms with van der Waals surface area (Å²) in [7, 11) is 2.16. The van der Waals surface area contributed by atoms with Gasteiger partial charge < -0.3 is 14.5 Å². The summed E-state index contributed by atoms with van der Waals surface area (Å²) in [4.78, 5) is 25.9. The van der Waals surface area contributed by atoms with E-state index in [-0.39, 0.29) is 6.61 Å². The van der Waals surface area contributed by atoms with Gasteiger partial charge in [0.15, 0.2) is 11.7 Å². The third kappa shape index (κ3) is 4.24. The normalized spacial score (nSPS) is 15.5. The van der Waals surface area contributed by atoms with Gasteiger partial charge in [-0.2, -0.15) is 5.26 Å². The number of nitrogens with one attached hydrogen (secondary N) is 1. The Bertz CT molecular complexity index is 1070. The molecule has 0 aliphatic carbocycles. The van der Waals surface area contributed by atoms with Crippen LogP contribution in [-0.2, 0) is 16.1 Å². The molecule has 2 heterocycles. The number of nitrogens with zero attached hydrogens (tertiary/aromatic N) is 4. The highest BCUT2D eigenvalue weighted by atomic mass is 16.5. The minimum Gasteiger partial charge on any atom is -0.460 e. The van der Waals surface area contributed by atoms with Crippen LogP contribution in [0, 0.1) is 11.3 Å². The largest absolute Gasteiger partial charge is 0.460 e. The van der Waals surface area contributed by atoms with Crippen LogP contribution in [0.2, 0.25) is 0 Å². The summed E-state index contributed by atoms with van der Waals surface area (Å²) >= 11 is 0. The fourth-order valence-corrected chi connectivity index (χ4v) is 3.57. The Morgan fingerprint density at radius 3 is 2.40 bits per heavy atom. The maximum absolute atomic E-state index is 12.8. The molecule has 7 nitrogen and oxygen atoms in total. The lowest BCUT2D eigenvalue weighted by atomic mass is 10.1. The average Bonchev–Trinajstić information content (AvgIpc) is 2.79. The van der Waals surface area contributed by atoms with Crippen molar-refractivity contribution in [3.05, 3.63) is 65.9 Å². The van der Waals surface area contributed by atoms with Gasteiger partial charge in [-0.15, -0.1) is 0 Å². The summed E-state index contributed by atoms with van der Waals surface area (Å²) < 4.78 is 5.46. The van der Waals surface area contributed by atoms with E-state index in [1.165, 1.54) is 4.90 Å². The van der Waals surface area contributed by atoms with E-state index in [4.69, 9.17) is 9.72 Å². The van der Waals surface area contributed by atoms with Gasteiger partial charge in [0, 0.05) is 0 Å². The van der Waals surface area contributed by atoms with Gasteiger partial charge >= 0.3 is 5.97 Å². The van der Waals surface area contributed by atoms with Crippen LogP contribution < -0.4 is 9.80 Å². The second kappa shape index (κ2) is 8.89. The molecule has 30 heavy (non-hydrogen) atoms. The number of benzene rings is 2. The standard InChI is InChI=1S/C23H23N5O2/c1-27-11-13-28(14-12-27)22-21(25-19-9-5-6-10-20(19)26-22)18(15-24)23(29)30-16-17-7-3-2-4-8-17/h2-10,18H,11-14,16H2,1H3/p+1/t18-/m1/s1. The van der Waals surface area contributed by atoms with Gasteiger partial charge in [-0.1, -0.05) is 42.5 Å². The number of quaternary nitrogens is 1. The highest BCUT2D eigenvalue weighted by molar-refractivity contribution is 5.85. The molecule has 1 aromatic heterocycles. The number of anilines is 1. The lowest BCUT2D eigenvalue weighted by Crippen LogP contribution is -3.12. The topological polar surface area (TPSA) is 83.5 Å². The molecule has 1 aliphatic heterocycles. The number of aromatic nitrogens is 2. The van der Waals surface area contributed by atoms with E-state index in [9.17, 15) is 10.1 Å². The number of ether oxygens (including phenoxy) is 1. The van der Waals surface area contributed by atoms with Crippen molar-refractivity contribution in [1.82, 2.24) is 9.97 Å². The number of hydrogen-bond acceptors (Lipinski definition) is 6. The summed E-state index contributed by atoms with van der Waals surface area (Å²) in [6, 6.07) is 19.0. The van der Waals surface area contributed by atoms with E-state index in [1.807, 2.05) is 54.6 Å². The average molecular weight is 402 g/mol. The first-order chi connectivity index (χ1) is 14.7. The van der Waals surface area contributed by atoms with E-state index >= 15 is 0 Å². The maximum atomic E-state index is 12.8. The van der Waals surface area contributed by atoms with Gasteiger partial charge in [-0.05, 0) is 17.7 Å². The van der Waals surface area contributed by atoms with Crippen LogP contribution in [-0.4, -0.2) is 49.2 Å². The van der Waals surface area contributed by atoms with Crippen LogP contribution in [0.15, 0.2) is 54.6 Å². The minimum atomic E-state index is -1.13. The molecule has 0 saturated carbocycles. The Labute approximate surface area is 175 Å². The van der Waals surface area contributed by atoms with Crippen molar-refractivity contribution in [1.29, 1.82) is 5.26 Å². The lowest BCUT2D eigenvalue weighted by Gasteiger charge is -2.32. The van der Waals surface area contributed by atoms with Crippen LogP contribution in [0.3, 0.4) is 0 Å². The molecule has 2 aromatic carbocycles. The predicted octanol–water partition coefficient (Wildman–Crippen LogP) is 1.32. The van der Waals surface area contributed by atoms with Crippen LogP contribution in [0.25, 0.3) is 11.0 Å². The Hall–Kier alpha value is -3.50. The first-order valence-corrected chi connectivity index (χ1v) is 10.1. The summed E-state index contributed by atoms with van der Waals surface area (Å²) in [5.41, 5.74) is 2.65. The predicted molar refractivity (Wildman–Crippen MR) is 113 cm³/mol. The van der Waals surface area contributed by atoms with Crippen molar-refractivity contribution in [2.24, 2.45) is 0 Å². The van der Waals surface area contributed by atoms with Gasteiger partial charge in [0.05, 0.1) is 50.3 Å². The zero-order chi connectivity index (χ0) is 20.9. The molecular weight excluding hydrogens is 378 g/mol. The molecule has 1 fully saturated rings. The zero-order valence-corrected chi connectivity index (χ0v) is 16.9. The minimum absolute atomic E-state index is 0.117. The van der Waals surface area contributed by atoms with Crippen molar-refractivity contribution in [2.75, 3.05) is 38.1 Å². The molecule has 0 bridgehead atoms. The van der Waals surface area contributed by atoms with Crippen molar-refractivity contribution >= 4 is 22.8 Å². The van der Waals surface area contributed by atoms with E-state index in [1.54, 1.807) is 0 Å². The number of likely N-dealkylation sites (N-methyl/N-ethyl adjacent to an activating group) is 1. The first kappa shape index (κ1) is 19.8. The van der Waals surface area contributed by atoms with Crippen LogP contribution in [0.1, 0.15) is 17.2 Å². The van der Waals surface area contributed by atoms with Crippen molar-refractivity contribution < 1.29 is 14.4 Å². The van der Waals surface area contributed by atoms with Gasteiger partial charge in [0.25, 0.3) is 0 Å².